The molecule has 0 aliphatic rings. The molecule has 0 unspecified atom stereocenters. The first-order valence-corrected chi connectivity index (χ1v) is 8.07. The van der Waals surface area contributed by atoms with Crippen LogP contribution in [0, 0.1) is 11.3 Å². The lowest BCUT2D eigenvalue weighted by Gasteiger charge is -2.10. The van der Waals surface area contributed by atoms with E-state index in [1.54, 1.807) is 30.3 Å². The maximum absolute atomic E-state index is 12.6. The molecule has 0 fully saturated rings. The summed E-state index contributed by atoms with van der Waals surface area (Å²) in [4.78, 5) is 16.3. The number of carbonyl (C=O) groups is 1. The third-order valence-corrected chi connectivity index (χ3v) is 3.75. The summed E-state index contributed by atoms with van der Waals surface area (Å²) >= 11 is 0. The predicted octanol–water partition coefficient (Wildman–Crippen LogP) is 4.97. The second-order valence-corrected chi connectivity index (χ2v) is 5.78. The number of carbonyl (C=O) groups excluding carboxylic acids is 1. The van der Waals surface area contributed by atoms with E-state index < -0.39 is 17.6 Å². The van der Waals surface area contributed by atoms with Crippen molar-refractivity contribution in [3.63, 3.8) is 0 Å². The molecule has 0 radical (unpaired) electrons. The number of benzene rings is 2. The van der Waals surface area contributed by atoms with Gasteiger partial charge in [-0.05, 0) is 54.6 Å². The molecule has 0 aliphatic carbocycles. The third kappa shape index (κ3) is 4.65. The normalized spacial score (nSPS) is 10.8. The monoisotopic (exact) mass is 382 g/mol. The number of hydrogen-bond donors (Lipinski definition) is 2. The van der Waals surface area contributed by atoms with Crippen LogP contribution in [0.3, 0.4) is 0 Å². The van der Waals surface area contributed by atoms with Gasteiger partial charge in [0.2, 0.25) is 0 Å². The van der Waals surface area contributed by atoms with Crippen LogP contribution in [-0.2, 0) is 6.18 Å². The van der Waals surface area contributed by atoms with Gasteiger partial charge in [-0.2, -0.15) is 18.4 Å². The molecule has 3 rings (SSSR count). The van der Waals surface area contributed by atoms with Crippen LogP contribution in [0.15, 0.2) is 66.9 Å². The molecule has 140 valence electrons. The summed E-state index contributed by atoms with van der Waals surface area (Å²) in [7, 11) is 0. The van der Waals surface area contributed by atoms with E-state index in [0.717, 1.165) is 12.1 Å². The molecule has 1 heterocycles. The van der Waals surface area contributed by atoms with Crippen molar-refractivity contribution < 1.29 is 18.0 Å². The van der Waals surface area contributed by atoms with Crippen LogP contribution >= 0.6 is 0 Å². The van der Waals surface area contributed by atoms with E-state index in [0.29, 0.717) is 22.6 Å². The lowest BCUT2D eigenvalue weighted by atomic mass is 10.2. The van der Waals surface area contributed by atoms with Crippen molar-refractivity contribution >= 4 is 23.0 Å². The topological polar surface area (TPSA) is 77.8 Å². The zero-order chi connectivity index (χ0) is 20.1. The zero-order valence-corrected chi connectivity index (χ0v) is 14.3. The molecule has 0 atom stereocenters. The number of alkyl halides is 3. The van der Waals surface area contributed by atoms with Gasteiger partial charge < -0.3 is 10.6 Å². The Bertz CT molecular complexity index is 1020. The summed E-state index contributed by atoms with van der Waals surface area (Å²) in [6, 6.07) is 16.1. The number of nitrogens with zero attached hydrogens (tertiary/aromatic N) is 2. The van der Waals surface area contributed by atoms with Crippen LogP contribution in [0.1, 0.15) is 21.6 Å². The van der Waals surface area contributed by atoms with Crippen molar-refractivity contribution in [1.82, 2.24) is 4.98 Å². The standard InChI is InChI=1S/C20H13F3N4O/c21-20(22,23)14-4-6-15(7-5-14)26-17-8-9-18(25-12-17)19(28)27-16-3-1-2-13(10-16)11-24/h1-10,12,26H,(H,27,28). The Morgan fingerprint density at radius 3 is 2.29 bits per heavy atom. The van der Waals surface area contributed by atoms with E-state index >= 15 is 0 Å². The van der Waals surface area contributed by atoms with Crippen LogP contribution in [0.5, 0.6) is 0 Å². The van der Waals surface area contributed by atoms with Crippen LogP contribution in [-0.4, -0.2) is 10.9 Å². The van der Waals surface area contributed by atoms with E-state index in [-0.39, 0.29) is 5.69 Å². The second-order valence-electron chi connectivity index (χ2n) is 5.78. The summed E-state index contributed by atoms with van der Waals surface area (Å²) in [5.74, 6) is -0.448. The summed E-state index contributed by atoms with van der Waals surface area (Å²) < 4.78 is 37.7. The minimum absolute atomic E-state index is 0.153. The Labute approximate surface area is 158 Å². The fraction of sp³-hybridized carbons (Fsp3) is 0.0500. The summed E-state index contributed by atoms with van der Waals surface area (Å²) in [6.07, 6.45) is -2.99. The lowest BCUT2D eigenvalue weighted by molar-refractivity contribution is -0.137. The highest BCUT2D eigenvalue weighted by atomic mass is 19.4. The van der Waals surface area contributed by atoms with Crippen molar-refractivity contribution in [1.29, 1.82) is 5.26 Å². The molecule has 3 aromatic rings. The van der Waals surface area contributed by atoms with Gasteiger partial charge in [0.05, 0.1) is 29.1 Å². The molecule has 0 spiro atoms. The number of amides is 1. The predicted molar refractivity (Wildman–Crippen MR) is 98.1 cm³/mol. The van der Waals surface area contributed by atoms with Crippen molar-refractivity contribution in [2.45, 2.75) is 6.18 Å². The molecule has 0 aliphatic heterocycles. The minimum Gasteiger partial charge on any atom is -0.354 e. The summed E-state index contributed by atoms with van der Waals surface area (Å²) in [6.45, 7) is 0. The highest BCUT2D eigenvalue weighted by Gasteiger charge is 2.29. The molecule has 1 amide bonds. The SMILES string of the molecule is N#Cc1cccc(NC(=O)c2ccc(Nc3ccc(C(F)(F)F)cc3)cn2)c1. The maximum atomic E-state index is 12.6. The highest BCUT2D eigenvalue weighted by Crippen LogP contribution is 2.30. The fourth-order valence-corrected chi connectivity index (χ4v) is 2.37. The van der Waals surface area contributed by atoms with Gasteiger partial charge in [0.1, 0.15) is 5.69 Å². The molecule has 0 bridgehead atoms. The van der Waals surface area contributed by atoms with E-state index in [2.05, 4.69) is 15.6 Å². The highest BCUT2D eigenvalue weighted by molar-refractivity contribution is 6.03. The van der Waals surface area contributed by atoms with Crippen molar-refractivity contribution in [3.8, 4) is 6.07 Å². The molecule has 1 aromatic heterocycles. The van der Waals surface area contributed by atoms with Crippen molar-refractivity contribution in [2.24, 2.45) is 0 Å². The summed E-state index contributed by atoms with van der Waals surface area (Å²) in [5.41, 5.74) is 1.28. The van der Waals surface area contributed by atoms with Gasteiger partial charge in [-0.25, -0.2) is 4.98 Å². The molecule has 2 aromatic carbocycles. The van der Waals surface area contributed by atoms with E-state index in [9.17, 15) is 18.0 Å². The number of halogens is 3. The third-order valence-electron chi connectivity index (χ3n) is 3.75. The molecule has 5 nitrogen and oxygen atoms in total. The van der Waals surface area contributed by atoms with Crippen LogP contribution < -0.4 is 10.6 Å². The van der Waals surface area contributed by atoms with E-state index in [1.807, 2.05) is 6.07 Å². The molecular weight excluding hydrogens is 369 g/mol. The van der Waals surface area contributed by atoms with Crippen molar-refractivity contribution in [3.05, 3.63) is 83.7 Å². The van der Waals surface area contributed by atoms with Crippen LogP contribution in [0.25, 0.3) is 0 Å². The molecule has 0 saturated carbocycles. The number of nitrogens with one attached hydrogen (secondary N) is 2. The molecule has 28 heavy (non-hydrogen) atoms. The number of aromatic nitrogens is 1. The average Bonchev–Trinajstić information content (AvgIpc) is 2.68. The first kappa shape index (κ1) is 18.9. The number of hydrogen-bond acceptors (Lipinski definition) is 4. The molecular formula is C20H13F3N4O. The first-order valence-electron chi connectivity index (χ1n) is 8.07. The van der Waals surface area contributed by atoms with Gasteiger partial charge in [-0.1, -0.05) is 6.07 Å². The Balaban J connectivity index is 1.66. The largest absolute Gasteiger partial charge is 0.416 e. The Kier molecular flexibility index (Phi) is 5.27. The van der Waals surface area contributed by atoms with Crippen LogP contribution in [0.4, 0.5) is 30.2 Å². The van der Waals surface area contributed by atoms with Gasteiger partial charge in [0.15, 0.2) is 0 Å². The smallest absolute Gasteiger partial charge is 0.354 e. The van der Waals surface area contributed by atoms with E-state index in [1.165, 1.54) is 24.4 Å². The number of pyridine rings is 1. The number of anilines is 3. The van der Waals surface area contributed by atoms with Crippen molar-refractivity contribution in [2.75, 3.05) is 10.6 Å². The van der Waals surface area contributed by atoms with Gasteiger partial charge >= 0.3 is 6.18 Å². The molecule has 0 saturated heterocycles. The molecule has 8 heteroatoms. The molecule has 2 N–H and O–H groups in total. The average molecular weight is 382 g/mol. The van der Waals surface area contributed by atoms with E-state index in [4.69, 9.17) is 5.26 Å². The Morgan fingerprint density at radius 1 is 0.964 bits per heavy atom. The number of nitriles is 1. The minimum atomic E-state index is -4.39. The second kappa shape index (κ2) is 7.80. The summed E-state index contributed by atoms with van der Waals surface area (Å²) in [5, 5.41) is 14.4. The maximum Gasteiger partial charge on any atom is 0.416 e. The number of rotatable bonds is 4. The zero-order valence-electron chi connectivity index (χ0n) is 14.3. The fourth-order valence-electron chi connectivity index (χ4n) is 2.37. The van der Waals surface area contributed by atoms with Gasteiger partial charge in [-0.3, -0.25) is 4.79 Å². The van der Waals surface area contributed by atoms with Crippen LogP contribution in [0.2, 0.25) is 0 Å². The quantitative estimate of drug-likeness (QED) is 0.668. The van der Waals surface area contributed by atoms with Gasteiger partial charge in [0, 0.05) is 11.4 Å². The Morgan fingerprint density at radius 2 is 1.68 bits per heavy atom. The van der Waals surface area contributed by atoms with Gasteiger partial charge in [0.25, 0.3) is 5.91 Å². The van der Waals surface area contributed by atoms with Gasteiger partial charge in [-0.15, -0.1) is 0 Å². The first-order chi connectivity index (χ1) is 13.3. The Hall–Kier alpha value is -3.86. The lowest BCUT2D eigenvalue weighted by Crippen LogP contribution is -2.13.